The first-order valence-corrected chi connectivity index (χ1v) is 7.45. The molecule has 0 unspecified atom stereocenters. The first kappa shape index (κ1) is 13.6. The Labute approximate surface area is 116 Å². The second kappa shape index (κ2) is 6.34. The summed E-state index contributed by atoms with van der Waals surface area (Å²) in [6.07, 6.45) is 8.19. The number of allylic oxidation sites excluding steroid dienone is 1. The minimum Gasteiger partial charge on any atom is -0.350 e. The van der Waals surface area contributed by atoms with Crippen molar-refractivity contribution in [3.05, 3.63) is 26.7 Å². The van der Waals surface area contributed by atoms with Gasteiger partial charge in [-0.1, -0.05) is 23.3 Å². The Hall–Kier alpha value is -0.870. The van der Waals surface area contributed by atoms with Crippen molar-refractivity contribution in [2.24, 2.45) is 0 Å². The van der Waals surface area contributed by atoms with E-state index in [9.17, 15) is 4.79 Å². The Morgan fingerprint density at radius 2 is 2.39 bits per heavy atom. The van der Waals surface area contributed by atoms with Gasteiger partial charge in [-0.15, -0.1) is 11.3 Å². The number of nitrogens with zero attached hydrogens (tertiary/aromatic N) is 1. The van der Waals surface area contributed by atoms with E-state index in [-0.39, 0.29) is 5.91 Å². The average Bonchev–Trinajstić information content (AvgIpc) is 2.70. The van der Waals surface area contributed by atoms with Gasteiger partial charge in [0, 0.05) is 11.4 Å². The first-order valence-electron chi connectivity index (χ1n) is 6.26. The van der Waals surface area contributed by atoms with E-state index in [1.807, 2.05) is 6.92 Å². The van der Waals surface area contributed by atoms with Crippen LogP contribution in [0, 0.1) is 6.92 Å². The highest BCUT2D eigenvalue weighted by Gasteiger charge is 2.14. The zero-order chi connectivity index (χ0) is 13.0. The van der Waals surface area contributed by atoms with Crippen molar-refractivity contribution >= 4 is 28.8 Å². The lowest BCUT2D eigenvalue weighted by Crippen LogP contribution is -2.25. The van der Waals surface area contributed by atoms with E-state index in [0.717, 1.165) is 11.3 Å². The number of thiazole rings is 1. The van der Waals surface area contributed by atoms with E-state index in [1.165, 1.54) is 42.6 Å². The van der Waals surface area contributed by atoms with Crippen molar-refractivity contribution in [3.63, 3.8) is 0 Å². The van der Waals surface area contributed by atoms with Gasteiger partial charge in [-0.05, 0) is 39.0 Å². The fourth-order valence-corrected chi connectivity index (χ4v) is 3.18. The molecule has 1 aliphatic carbocycles. The van der Waals surface area contributed by atoms with E-state index in [2.05, 4.69) is 16.4 Å². The third-order valence-electron chi connectivity index (χ3n) is 3.10. The van der Waals surface area contributed by atoms with Crippen LogP contribution in [0.2, 0.25) is 4.47 Å². The molecule has 1 aromatic rings. The largest absolute Gasteiger partial charge is 0.350 e. The Bertz CT molecular complexity index is 468. The number of nitrogens with one attached hydrogen (secondary N) is 1. The number of halogens is 1. The smallest absolute Gasteiger partial charge is 0.271 e. The number of hydrogen-bond donors (Lipinski definition) is 1. The molecule has 0 spiro atoms. The van der Waals surface area contributed by atoms with E-state index in [0.29, 0.717) is 16.7 Å². The van der Waals surface area contributed by atoms with Crippen molar-refractivity contribution < 1.29 is 4.79 Å². The highest BCUT2D eigenvalue weighted by Crippen LogP contribution is 2.22. The Balaban J connectivity index is 1.81. The maximum Gasteiger partial charge on any atom is 0.271 e. The summed E-state index contributed by atoms with van der Waals surface area (Å²) in [4.78, 5) is 16.8. The molecule has 0 aliphatic heterocycles. The highest BCUT2D eigenvalue weighted by atomic mass is 35.5. The SMILES string of the molecule is Cc1sc(Cl)nc1C(=O)NCCC1=CCCCC1. The van der Waals surface area contributed by atoms with Gasteiger partial charge >= 0.3 is 0 Å². The summed E-state index contributed by atoms with van der Waals surface area (Å²) in [5, 5.41) is 2.91. The standard InChI is InChI=1S/C13H17ClN2OS/c1-9-11(16-13(14)18-9)12(17)15-8-7-10-5-3-2-4-6-10/h5H,2-4,6-8H2,1H3,(H,15,17). The van der Waals surface area contributed by atoms with Crippen LogP contribution in [0.3, 0.4) is 0 Å². The third kappa shape index (κ3) is 3.56. The van der Waals surface area contributed by atoms with E-state index in [4.69, 9.17) is 11.6 Å². The zero-order valence-electron chi connectivity index (χ0n) is 10.5. The van der Waals surface area contributed by atoms with Crippen LogP contribution in [0.25, 0.3) is 0 Å². The number of rotatable bonds is 4. The van der Waals surface area contributed by atoms with Gasteiger partial charge in [-0.3, -0.25) is 4.79 Å². The van der Waals surface area contributed by atoms with Gasteiger partial charge in [0.2, 0.25) is 0 Å². The summed E-state index contributed by atoms with van der Waals surface area (Å²) in [6, 6.07) is 0. The minimum absolute atomic E-state index is 0.118. The summed E-state index contributed by atoms with van der Waals surface area (Å²) < 4.78 is 0.424. The molecule has 0 saturated heterocycles. The van der Waals surface area contributed by atoms with Crippen LogP contribution in [0.5, 0.6) is 0 Å². The van der Waals surface area contributed by atoms with Crippen LogP contribution >= 0.6 is 22.9 Å². The third-order valence-corrected chi connectivity index (χ3v) is 4.18. The number of carbonyl (C=O) groups excluding carboxylic acids is 1. The number of amides is 1. The molecule has 2 rings (SSSR count). The van der Waals surface area contributed by atoms with Crippen molar-refractivity contribution in [1.82, 2.24) is 10.3 Å². The van der Waals surface area contributed by atoms with E-state index in [1.54, 1.807) is 0 Å². The summed E-state index contributed by atoms with van der Waals surface area (Å²) in [5.74, 6) is -0.118. The maximum absolute atomic E-state index is 11.9. The lowest BCUT2D eigenvalue weighted by Gasteiger charge is -2.12. The lowest BCUT2D eigenvalue weighted by molar-refractivity contribution is 0.0949. The number of aryl methyl sites for hydroxylation is 1. The summed E-state index contributed by atoms with van der Waals surface area (Å²) >= 11 is 7.13. The minimum atomic E-state index is -0.118. The normalized spacial score (nSPS) is 15.3. The van der Waals surface area contributed by atoms with Crippen molar-refractivity contribution in [2.75, 3.05) is 6.54 Å². The molecule has 3 nitrogen and oxygen atoms in total. The molecule has 5 heteroatoms. The van der Waals surface area contributed by atoms with E-state index >= 15 is 0 Å². The molecule has 18 heavy (non-hydrogen) atoms. The molecule has 0 radical (unpaired) electrons. The zero-order valence-corrected chi connectivity index (χ0v) is 12.0. The van der Waals surface area contributed by atoms with Gasteiger partial charge in [-0.2, -0.15) is 0 Å². The van der Waals surface area contributed by atoms with E-state index < -0.39 is 0 Å². The Morgan fingerprint density at radius 1 is 1.56 bits per heavy atom. The van der Waals surface area contributed by atoms with Crippen molar-refractivity contribution in [2.45, 2.75) is 39.0 Å². The van der Waals surface area contributed by atoms with Crippen molar-refractivity contribution in [3.8, 4) is 0 Å². The van der Waals surface area contributed by atoms with Crippen LogP contribution in [-0.4, -0.2) is 17.4 Å². The molecule has 0 atom stereocenters. The predicted molar refractivity (Wildman–Crippen MR) is 75.4 cm³/mol. The van der Waals surface area contributed by atoms with Crippen LogP contribution in [0.15, 0.2) is 11.6 Å². The van der Waals surface area contributed by atoms with Crippen LogP contribution in [-0.2, 0) is 0 Å². The van der Waals surface area contributed by atoms with Gasteiger partial charge in [0.1, 0.15) is 5.69 Å². The molecule has 0 bridgehead atoms. The molecule has 98 valence electrons. The van der Waals surface area contributed by atoms with Gasteiger partial charge < -0.3 is 5.32 Å². The van der Waals surface area contributed by atoms with Gasteiger partial charge in [0.05, 0.1) is 0 Å². The molecule has 0 saturated carbocycles. The van der Waals surface area contributed by atoms with Crippen LogP contribution < -0.4 is 5.32 Å². The molecule has 1 heterocycles. The first-order chi connectivity index (χ1) is 8.66. The maximum atomic E-state index is 11.9. The summed E-state index contributed by atoms with van der Waals surface area (Å²) in [6.45, 7) is 2.54. The second-order valence-electron chi connectivity index (χ2n) is 4.49. The molecular formula is C13H17ClN2OS. The molecule has 1 aliphatic rings. The average molecular weight is 285 g/mol. The van der Waals surface area contributed by atoms with Gasteiger partial charge in [-0.25, -0.2) is 4.98 Å². The molecular weight excluding hydrogens is 268 g/mol. The summed E-state index contributed by atoms with van der Waals surface area (Å²) in [5.41, 5.74) is 1.93. The Kier molecular flexibility index (Phi) is 4.78. The number of aromatic nitrogens is 1. The van der Waals surface area contributed by atoms with Gasteiger partial charge in [0.15, 0.2) is 4.47 Å². The lowest BCUT2D eigenvalue weighted by atomic mass is 9.97. The predicted octanol–water partition coefficient (Wildman–Crippen LogP) is 3.73. The second-order valence-corrected chi connectivity index (χ2v) is 6.27. The fourth-order valence-electron chi connectivity index (χ4n) is 2.13. The molecule has 0 aromatic carbocycles. The summed E-state index contributed by atoms with van der Waals surface area (Å²) in [7, 11) is 0. The molecule has 1 amide bonds. The molecule has 1 aromatic heterocycles. The van der Waals surface area contributed by atoms with Gasteiger partial charge in [0.25, 0.3) is 5.91 Å². The van der Waals surface area contributed by atoms with Crippen molar-refractivity contribution in [1.29, 1.82) is 0 Å². The quantitative estimate of drug-likeness (QED) is 0.856. The number of carbonyl (C=O) groups is 1. The Morgan fingerprint density at radius 3 is 3.00 bits per heavy atom. The molecule has 0 fully saturated rings. The van der Waals surface area contributed by atoms with Crippen LogP contribution in [0.4, 0.5) is 0 Å². The molecule has 1 N–H and O–H groups in total. The monoisotopic (exact) mass is 284 g/mol. The highest BCUT2D eigenvalue weighted by molar-refractivity contribution is 7.15. The number of hydrogen-bond acceptors (Lipinski definition) is 3. The topological polar surface area (TPSA) is 42.0 Å². The fraction of sp³-hybridized carbons (Fsp3) is 0.538. The van der Waals surface area contributed by atoms with Crippen LogP contribution in [0.1, 0.15) is 47.5 Å².